The summed E-state index contributed by atoms with van der Waals surface area (Å²) in [6.07, 6.45) is 4.89. The SMILES string of the molecule is CCC=Cc1nc(C(F)(F)CCC)nn1Cc1ccc(Cc2ccccc2C(=O)O)cc1. The molecule has 0 amide bonds. The Morgan fingerprint density at radius 3 is 2.44 bits per heavy atom. The number of benzene rings is 2. The van der Waals surface area contributed by atoms with Crippen molar-refractivity contribution < 1.29 is 18.7 Å². The molecule has 0 bridgehead atoms. The quantitative estimate of drug-likeness (QED) is 0.425. The van der Waals surface area contributed by atoms with Crippen molar-refractivity contribution in [1.29, 1.82) is 0 Å². The molecule has 1 N–H and O–H groups in total. The molecule has 7 heteroatoms. The summed E-state index contributed by atoms with van der Waals surface area (Å²) < 4.78 is 30.2. The van der Waals surface area contributed by atoms with Crippen molar-refractivity contribution in [3.8, 4) is 0 Å². The molecule has 0 aliphatic rings. The number of carboxylic acids is 1. The van der Waals surface area contributed by atoms with E-state index in [0.29, 0.717) is 25.2 Å². The molecule has 32 heavy (non-hydrogen) atoms. The van der Waals surface area contributed by atoms with E-state index in [2.05, 4.69) is 10.1 Å². The zero-order valence-corrected chi connectivity index (χ0v) is 18.3. The van der Waals surface area contributed by atoms with Crippen LogP contribution in [0.5, 0.6) is 0 Å². The Bertz CT molecular complexity index is 1090. The first-order valence-electron chi connectivity index (χ1n) is 10.7. The Hall–Kier alpha value is -3.35. The zero-order chi connectivity index (χ0) is 23.1. The average molecular weight is 440 g/mol. The number of hydrogen-bond acceptors (Lipinski definition) is 3. The molecule has 3 rings (SSSR count). The average Bonchev–Trinajstić information content (AvgIpc) is 3.17. The molecule has 0 unspecified atom stereocenters. The molecule has 0 aliphatic carbocycles. The summed E-state index contributed by atoms with van der Waals surface area (Å²) in [5.41, 5.74) is 2.87. The van der Waals surface area contributed by atoms with Crippen LogP contribution in [0.15, 0.2) is 54.6 Å². The summed E-state index contributed by atoms with van der Waals surface area (Å²) >= 11 is 0. The highest BCUT2D eigenvalue weighted by molar-refractivity contribution is 5.89. The van der Waals surface area contributed by atoms with Crippen molar-refractivity contribution in [3.05, 3.63) is 88.5 Å². The number of allylic oxidation sites excluding steroid dienone is 1. The summed E-state index contributed by atoms with van der Waals surface area (Å²) in [6, 6.07) is 14.5. The van der Waals surface area contributed by atoms with Crippen molar-refractivity contribution in [2.24, 2.45) is 0 Å². The van der Waals surface area contributed by atoms with Crippen LogP contribution in [0.25, 0.3) is 6.08 Å². The number of nitrogens with zero attached hydrogens (tertiary/aromatic N) is 3. The molecule has 2 aromatic carbocycles. The Kier molecular flexibility index (Phi) is 7.51. The highest BCUT2D eigenvalue weighted by Crippen LogP contribution is 2.30. The van der Waals surface area contributed by atoms with Crippen LogP contribution in [-0.2, 0) is 18.9 Å². The number of halogens is 2. The molecule has 0 saturated heterocycles. The van der Waals surface area contributed by atoms with Gasteiger partial charge in [0.05, 0.1) is 12.1 Å². The third-order valence-electron chi connectivity index (χ3n) is 5.09. The lowest BCUT2D eigenvalue weighted by Gasteiger charge is -2.10. The second-order valence-electron chi connectivity index (χ2n) is 7.67. The Balaban J connectivity index is 1.81. The molecular weight excluding hydrogens is 412 g/mol. The maximum absolute atomic E-state index is 14.4. The third-order valence-corrected chi connectivity index (χ3v) is 5.09. The van der Waals surface area contributed by atoms with Crippen LogP contribution >= 0.6 is 0 Å². The van der Waals surface area contributed by atoms with E-state index in [4.69, 9.17) is 0 Å². The lowest BCUT2D eigenvalue weighted by molar-refractivity contribution is -0.0232. The minimum atomic E-state index is -3.06. The number of rotatable bonds is 10. The molecule has 3 aromatic rings. The van der Waals surface area contributed by atoms with Crippen molar-refractivity contribution in [2.75, 3.05) is 0 Å². The van der Waals surface area contributed by atoms with Gasteiger partial charge in [0.2, 0.25) is 5.82 Å². The molecular formula is C25H27F2N3O2. The van der Waals surface area contributed by atoms with E-state index in [-0.39, 0.29) is 12.0 Å². The van der Waals surface area contributed by atoms with Gasteiger partial charge in [-0.15, -0.1) is 5.10 Å². The monoisotopic (exact) mass is 439 g/mol. The van der Waals surface area contributed by atoms with Crippen molar-refractivity contribution in [2.45, 2.75) is 52.0 Å². The number of alkyl halides is 2. The molecule has 0 fully saturated rings. The second-order valence-corrected chi connectivity index (χ2v) is 7.67. The Morgan fingerprint density at radius 2 is 1.78 bits per heavy atom. The summed E-state index contributed by atoms with van der Waals surface area (Å²) in [6.45, 7) is 3.98. The maximum Gasteiger partial charge on any atom is 0.335 e. The van der Waals surface area contributed by atoms with Gasteiger partial charge < -0.3 is 5.11 Å². The van der Waals surface area contributed by atoms with Gasteiger partial charge in [-0.2, -0.15) is 8.78 Å². The molecule has 0 radical (unpaired) electrons. The number of aromatic nitrogens is 3. The zero-order valence-electron chi connectivity index (χ0n) is 18.3. The van der Waals surface area contributed by atoms with Crippen LogP contribution in [0.2, 0.25) is 0 Å². The fourth-order valence-corrected chi connectivity index (χ4v) is 3.44. The number of carbonyl (C=O) groups is 1. The third kappa shape index (κ3) is 5.66. The van der Waals surface area contributed by atoms with Crippen molar-refractivity contribution >= 4 is 12.0 Å². The Morgan fingerprint density at radius 1 is 1.09 bits per heavy atom. The van der Waals surface area contributed by atoms with Crippen molar-refractivity contribution in [3.63, 3.8) is 0 Å². The van der Waals surface area contributed by atoms with Gasteiger partial charge in [-0.3, -0.25) is 0 Å². The lowest BCUT2D eigenvalue weighted by Crippen LogP contribution is -2.15. The van der Waals surface area contributed by atoms with Gasteiger partial charge >= 0.3 is 11.9 Å². The van der Waals surface area contributed by atoms with E-state index in [1.807, 2.05) is 43.3 Å². The molecule has 0 atom stereocenters. The lowest BCUT2D eigenvalue weighted by atomic mass is 9.99. The van der Waals surface area contributed by atoms with Gasteiger partial charge in [-0.05, 0) is 48.1 Å². The first-order chi connectivity index (χ1) is 15.3. The summed E-state index contributed by atoms with van der Waals surface area (Å²) in [7, 11) is 0. The number of hydrogen-bond donors (Lipinski definition) is 1. The first kappa shape index (κ1) is 23.3. The summed E-state index contributed by atoms with van der Waals surface area (Å²) in [4.78, 5) is 15.5. The summed E-state index contributed by atoms with van der Waals surface area (Å²) in [5.74, 6) is -4.06. The molecule has 0 saturated carbocycles. The fourth-order valence-electron chi connectivity index (χ4n) is 3.44. The molecule has 168 valence electrons. The van der Waals surface area contributed by atoms with Gasteiger partial charge in [-0.1, -0.05) is 62.4 Å². The molecule has 0 aliphatic heterocycles. The molecule has 5 nitrogen and oxygen atoms in total. The van der Waals surface area contributed by atoms with Crippen LogP contribution in [0.3, 0.4) is 0 Å². The topological polar surface area (TPSA) is 68.0 Å². The standard InChI is InChI=1S/C25H27F2N3O2/c1-3-5-10-22-28-24(25(26,27)15-4-2)29-30(22)17-19-13-11-18(12-14-19)16-20-8-6-7-9-21(20)23(31)32/h5-14H,3-4,15-17H2,1-2H3,(H,31,32). The number of carboxylic acid groups (broad SMARTS) is 1. The smallest absolute Gasteiger partial charge is 0.335 e. The largest absolute Gasteiger partial charge is 0.478 e. The predicted molar refractivity (Wildman–Crippen MR) is 120 cm³/mol. The minimum absolute atomic E-state index is 0.284. The molecule has 1 aromatic heterocycles. The highest BCUT2D eigenvalue weighted by Gasteiger charge is 2.35. The molecule has 0 spiro atoms. The van der Waals surface area contributed by atoms with Crippen LogP contribution in [0.4, 0.5) is 8.78 Å². The summed E-state index contributed by atoms with van der Waals surface area (Å²) in [5, 5.41) is 13.5. The number of aromatic carboxylic acids is 1. The molecule has 1 heterocycles. The van der Waals surface area contributed by atoms with Gasteiger partial charge in [0.1, 0.15) is 0 Å². The van der Waals surface area contributed by atoms with Crippen LogP contribution < -0.4 is 0 Å². The van der Waals surface area contributed by atoms with Crippen molar-refractivity contribution in [1.82, 2.24) is 14.8 Å². The van der Waals surface area contributed by atoms with E-state index in [1.54, 1.807) is 31.2 Å². The van der Waals surface area contributed by atoms with Crippen LogP contribution in [-0.4, -0.2) is 25.8 Å². The van der Waals surface area contributed by atoms with E-state index in [0.717, 1.165) is 23.1 Å². The Labute approximate surface area is 186 Å². The maximum atomic E-state index is 14.4. The van der Waals surface area contributed by atoms with Gasteiger partial charge in [0.25, 0.3) is 0 Å². The normalized spacial score (nSPS) is 11.9. The van der Waals surface area contributed by atoms with Gasteiger partial charge in [0, 0.05) is 6.42 Å². The van der Waals surface area contributed by atoms with Gasteiger partial charge in [0.15, 0.2) is 5.82 Å². The second kappa shape index (κ2) is 10.3. The predicted octanol–water partition coefficient (Wildman–Crippen LogP) is 5.93. The highest BCUT2D eigenvalue weighted by atomic mass is 19.3. The van der Waals surface area contributed by atoms with E-state index in [9.17, 15) is 18.7 Å². The van der Waals surface area contributed by atoms with E-state index >= 15 is 0 Å². The minimum Gasteiger partial charge on any atom is -0.478 e. The first-order valence-corrected chi connectivity index (χ1v) is 10.7. The van der Waals surface area contributed by atoms with E-state index < -0.39 is 17.7 Å². The van der Waals surface area contributed by atoms with E-state index in [1.165, 1.54) is 4.68 Å². The fraction of sp³-hybridized carbons (Fsp3) is 0.320. The van der Waals surface area contributed by atoms with Gasteiger partial charge in [-0.25, -0.2) is 14.5 Å². The van der Waals surface area contributed by atoms with Crippen LogP contribution in [0.1, 0.15) is 71.8 Å². The van der Waals surface area contributed by atoms with Crippen LogP contribution in [0, 0.1) is 0 Å².